The van der Waals surface area contributed by atoms with Crippen LogP contribution in [0.25, 0.3) is 44.5 Å². The second-order valence-electron chi connectivity index (χ2n) is 31.5. The molecule has 112 heavy (non-hydrogen) atoms. The topological polar surface area (TPSA) is 116 Å². The molecule has 0 saturated heterocycles. The van der Waals surface area contributed by atoms with Gasteiger partial charge in [0.1, 0.15) is 5.82 Å². The molecule has 0 N–H and O–H groups in total. The summed E-state index contributed by atoms with van der Waals surface area (Å²) in [7, 11) is 0. The van der Waals surface area contributed by atoms with Gasteiger partial charge in [-0.2, -0.15) is 0 Å². The molecule has 0 unspecified atom stereocenters. The molecule has 12 nitrogen and oxygen atoms in total. The third-order valence-electron chi connectivity index (χ3n) is 25.7. The van der Waals surface area contributed by atoms with Gasteiger partial charge in [-0.05, 0) is 279 Å². The van der Waals surface area contributed by atoms with Crippen LogP contribution in [-0.2, 0) is 77.0 Å². The van der Waals surface area contributed by atoms with Gasteiger partial charge in [0.2, 0.25) is 0 Å². The zero-order valence-electron chi connectivity index (χ0n) is 61.3. The lowest BCUT2D eigenvalue weighted by Crippen LogP contribution is -2.27. The lowest BCUT2D eigenvalue weighted by molar-refractivity contribution is 0.936. The zero-order valence-corrected chi connectivity index (χ0v) is 61.3. The summed E-state index contributed by atoms with van der Waals surface area (Å²) < 4.78 is 0. The summed E-state index contributed by atoms with van der Waals surface area (Å²) in [6.45, 7) is 0. The summed E-state index contributed by atoms with van der Waals surface area (Å²) in [6, 6.07) is 74.8. The highest BCUT2D eigenvalue weighted by Gasteiger charge is 2.42. The van der Waals surface area contributed by atoms with Crippen molar-refractivity contribution in [1.29, 1.82) is 0 Å². The maximum atomic E-state index is 4.78. The van der Waals surface area contributed by atoms with Gasteiger partial charge in [-0.1, -0.05) is 103 Å². The molecule has 16 heterocycles. The Kier molecular flexibility index (Phi) is 13.2. The SMILES string of the molecule is c1ccc2c(c1)Cc1c-2cc2c3c1Cc1cccnc1N3c1cccnc1C2.c1ccc2c(c1)Cc1c-2cc2c3c1Cc1ccncc1N3c1cccnc1C2.c1ccc2c(c1)Cc1c-2cc2c3c1Cc1cnccc1N3c1cccnc1C2.c1ccc2c(c1)Cc1c-2cc2c3c1Cc1ncccc1N3c1cccnc1C2. The van der Waals surface area contributed by atoms with Crippen molar-refractivity contribution in [2.24, 2.45) is 0 Å². The number of nitrogens with zero attached hydrogens (tertiary/aromatic N) is 12. The third-order valence-corrected chi connectivity index (χ3v) is 25.7. The van der Waals surface area contributed by atoms with E-state index >= 15 is 0 Å². The first-order valence-electron chi connectivity index (χ1n) is 39.3. The maximum absolute atomic E-state index is 4.78. The van der Waals surface area contributed by atoms with E-state index in [1.54, 1.807) is 0 Å². The van der Waals surface area contributed by atoms with Crippen molar-refractivity contribution < 1.29 is 0 Å². The summed E-state index contributed by atoms with van der Waals surface area (Å²) >= 11 is 0. The van der Waals surface area contributed by atoms with E-state index in [-0.39, 0.29) is 0 Å². The highest BCUT2D eigenvalue weighted by molar-refractivity contribution is 5.98. The van der Waals surface area contributed by atoms with Crippen molar-refractivity contribution in [3.05, 3.63) is 402 Å². The summed E-state index contributed by atoms with van der Waals surface area (Å²) in [5.74, 6) is 1.06. The van der Waals surface area contributed by atoms with Crippen molar-refractivity contribution in [2.45, 2.75) is 77.0 Å². The van der Waals surface area contributed by atoms with E-state index in [1.165, 1.54) is 213 Å². The molecule has 0 bridgehead atoms. The molecule has 0 radical (unpaired) electrons. The van der Waals surface area contributed by atoms with Crippen LogP contribution in [0.15, 0.2) is 268 Å². The number of hydrogen-bond acceptors (Lipinski definition) is 12. The standard InChI is InChI=1S/4C25H17N3/c1-2-7-18-15(5-1)11-20-19(18)13-17-14-22-23(8-4-9-26-22)28-24(17)21(20)12-16-6-3-10-27-25(16)28;1-2-6-17-15(5-1)11-19-18(17)12-16-13-21-23(7-3-9-26-21)28-24-8-4-10-27-22(24)14-20(19)25(16)28;1-2-5-18-15(4-1)10-20-19(18)11-16-13-22-24(6-3-8-27-22)28-23-7-9-26-14-17(23)12-21(20)25(16)28;1-2-5-18-15(4-1)10-20-19(18)12-17-13-22-23(6-3-8-27-22)28-24-14-26-9-7-16(24)11-21(20)25(17)28/h1-10,13H,11-12,14H2;1-10,12H,11,13-14H2;1-9,11,14H,10,12-13H2;1-9,12,14H,10-11,13H2. The van der Waals surface area contributed by atoms with Gasteiger partial charge in [-0.15, -0.1) is 0 Å². The second-order valence-corrected chi connectivity index (χ2v) is 31.5. The van der Waals surface area contributed by atoms with E-state index in [1.807, 2.05) is 92.3 Å². The van der Waals surface area contributed by atoms with Crippen LogP contribution in [0.5, 0.6) is 0 Å². The highest BCUT2D eigenvalue weighted by Crippen LogP contribution is 2.60. The predicted octanol–water partition coefficient (Wildman–Crippen LogP) is 21.3. The second kappa shape index (κ2) is 23.8. The van der Waals surface area contributed by atoms with Crippen LogP contribution in [0.1, 0.15) is 134 Å². The number of benzene rings is 8. The molecule has 8 aromatic heterocycles. The lowest BCUT2D eigenvalue weighted by atomic mass is 9.84. The molecule has 12 aliphatic rings. The first-order valence-corrected chi connectivity index (χ1v) is 39.3. The van der Waals surface area contributed by atoms with Crippen molar-refractivity contribution in [1.82, 2.24) is 39.9 Å². The van der Waals surface area contributed by atoms with Crippen LogP contribution in [0, 0.1) is 0 Å². The van der Waals surface area contributed by atoms with Crippen LogP contribution in [-0.4, -0.2) is 39.9 Å². The first kappa shape index (κ1) is 62.1. The molecular weight excluding hydrogens is 1370 g/mol. The molecule has 8 aromatic carbocycles. The Morgan fingerprint density at radius 3 is 0.946 bits per heavy atom. The van der Waals surface area contributed by atoms with Crippen molar-refractivity contribution >= 4 is 68.4 Å². The lowest BCUT2D eigenvalue weighted by Gasteiger charge is -2.39. The predicted molar refractivity (Wildman–Crippen MR) is 442 cm³/mol. The maximum Gasteiger partial charge on any atom is 0.141 e. The van der Waals surface area contributed by atoms with E-state index < -0.39 is 0 Å². The molecule has 0 fully saturated rings. The molecule has 0 saturated carbocycles. The van der Waals surface area contributed by atoms with Gasteiger partial charge in [0.15, 0.2) is 0 Å². The normalized spacial score (nSPS) is 14.6. The Bertz CT molecular complexity index is 5990. The molecule has 8 aliphatic heterocycles. The number of pyridine rings is 8. The fraction of sp³-hybridized carbons (Fsp3) is 0.120. The van der Waals surface area contributed by atoms with E-state index in [2.05, 4.69) is 205 Å². The minimum Gasteiger partial charge on any atom is -0.308 e. The van der Waals surface area contributed by atoms with Crippen molar-refractivity contribution in [2.75, 3.05) is 19.6 Å². The minimum absolute atomic E-state index is 0.882. The van der Waals surface area contributed by atoms with Gasteiger partial charge in [0.05, 0.1) is 97.2 Å². The fourth-order valence-corrected chi connectivity index (χ4v) is 21.1. The average molecular weight is 1440 g/mol. The largest absolute Gasteiger partial charge is 0.308 e. The Labute approximate surface area is 647 Å². The average Bonchev–Trinajstić information content (AvgIpc) is 1.36. The monoisotopic (exact) mass is 1440 g/mol. The van der Waals surface area contributed by atoms with Gasteiger partial charge >= 0.3 is 0 Å². The van der Waals surface area contributed by atoms with Gasteiger partial charge in [0, 0.05) is 107 Å². The van der Waals surface area contributed by atoms with Gasteiger partial charge in [-0.3, -0.25) is 39.8 Å². The summed E-state index contributed by atoms with van der Waals surface area (Å²) in [5.41, 5.74) is 57.9. The van der Waals surface area contributed by atoms with Gasteiger partial charge < -0.3 is 14.7 Å². The summed E-state index contributed by atoms with van der Waals surface area (Å²) in [6.07, 6.45) is 30.7. The van der Waals surface area contributed by atoms with Crippen LogP contribution in [0.2, 0.25) is 0 Å². The summed E-state index contributed by atoms with van der Waals surface area (Å²) in [5, 5.41) is 0. The molecule has 28 rings (SSSR count). The Morgan fingerprint density at radius 1 is 0.188 bits per heavy atom. The van der Waals surface area contributed by atoms with E-state index in [4.69, 9.17) is 29.9 Å². The molecule has 16 aromatic rings. The van der Waals surface area contributed by atoms with E-state index in [0.717, 1.165) is 111 Å². The van der Waals surface area contributed by atoms with Gasteiger partial charge in [-0.25, -0.2) is 4.98 Å². The zero-order chi connectivity index (χ0) is 73.0. The van der Waals surface area contributed by atoms with Crippen LogP contribution in [0.4, 0.5) is 68.4 Å². The quantitative estimate of drug-likeness (QED) is 0.144. The smallest absolute Gasteiger partial charge is 0.141 e. The van der Waals surface area contributed by atoms with Crippen LogP contribution >= 0.6 is 0 Å². The van der Waals surface area contributed by atoms with Gasteiger partial charge in [0.25, 0.3) is 0 Å². The number of aromatic nitrogens is 8. The van der Waals surface area contributed by atoms with E-state index in [0.29, 0.717) is 0 Å². The molecule has 528 valence electrons. The number of anilines is 12. The molecule has 4 aliphatic carbocycles. The molecule has 12 heteroatoms. The number of fused-ring (bicyclic) bond motifs is 32. The molecule has 0 atom stereocenters. The minimum atomic E-state index is 0.882. The third kappa shape index (κ3) is 9.05. The Hall–Kier alpha value is -13.8. The first-order chi connectivity index (χ1) is 55.5. The van der Waals surface area contributed by atoms with Crippen LogP contribution in [0.3, 0.4) is 0 Å². The number of hydrogen-bond donors (Lipinski definition) is 0. The van der Waals surface area contributed by atoms with Crippen molar-refractivity contribution in [3.8, 4) is 44.5 Å². The fourth-order valence-electron chi connectivity index (χ4n) is 21.1. The number of rotatable bonds is 0. The van der Waals surface area contributed by atoms with E-state index in [9.17, 15) is 0 Å². The molecular formula is C100H68N12. The van der Waals surface area contributed by atoms with Crippen molar-refractivity contribution in [3.63, 3.8) is 0 Å². The highest BCUT2D eigenvalue weighted by atomic mass is 15.2. The van der Waals surface area contributed by atoms with Crippen LogP contribution < -0.4 is 19.6 Å². The molecule has 0 amide bonds. The summed E-state index contributed by atoms with van der Waals surface area (Å²) in [4.78, 5) is 46.9. The Morgan fingerprint density at radius 2 is 0.500 bits per heavy atom. The Balaban J connectivity index is 0.0000000847. The molecule has 0 spiro atoms.